The smallest absolute Gasteiger partial charge is 0.243 e. The van der Waals surface area contributed by atoms with Crippen molar-refractivity contribution in [2.24, 2.45) is 0 Å². The van der Waals surface area contributed by atoms with Crippen LogP contribution in [0.2, 0.25) is 0 Å². The van der Waals surface area contributed by atoms with Crippen LogP contribution in [-0.4, -0.2) is 37.3 Å². The Balaban J connectivity index is 1.99. The van der Waals surface area contributed by atoms with Crippen LogP contribution in [0.5, 0.6) is 0 Å². The van der Waals surface area contributed by atoms with E-state index in [0.717, 1.165) is 36.1 Å². The summed E-state index contributed by atoms with van der Waals surface area (Å²) in [5.41, 5.74) is 0.793. The Morgan fingerprint density at radius 1 is 1.29 bits per heavy atom. The van der Waals surface area contributed by atoms with Gasteiger partial charge in [0.2, 0.25) is 10.0 Å². The van der Waals surface area contributed by atoms with E-state index in [2.05, 4.69) is 10.3 Å². The molecule has 0 spiro atoms. The minimum atomic E-state index is -3.40. The number of nitrogens with one attached hydrogen (secondary N) is 1. The molecule has 0 amide bonds. The second-order valence-corrected chi connectivity index (χ2v) is 7.33. The van der Waals surface area contributed by atoms with E-state index >= 15 is 0 Å². The second-order valence-electron chi connectivity index (χ2n) is 5.33. The van der Waals surface area contributed by atoms with E-state index < -0.39 is 10.0 Å². The van der Waals surface area contributed by atoms with Gasteiger partial charge in [0, 0.05) is 25.0 Å². The summed E-state index contributed by atoms with van der Waals surface area (Å²) in [5.74, 6) is 0.802. The molecule has 1 aliphatic rings. The SMILES string of the molecule is CCNc1ccc2cc(S(=O)(=O)N(C)C3CC3)ccc2n1. The molecular formula is C15H19N3O2S. The van der Waals surface area contributed by atoms with Gasteiger partial charge in [-0.25, -0.2) is 13.4 Å². The molecule has 1 fully saturated rings. The number of nitrogens with zero attached hydrogens (tertiary/aromatic N) is 2. The molecule has 3 rings (SSSR count). The van der Waals surface area contributed by atoms with Gasteiger partial charge in [-0.1, -0.05) is 0 Å². The van der Waals surface area contributed by atoms with Crippen LogP contribution in [0.3, 0.4) is 0 Å². The maximum absolute atomic E-state index is 12.5. The van der Waals surface area contributed by atoms with Gasteiger partial charge < -0.3 is 5.32 Å². The third-order valence-corrected chi connectivity index (χ3v) is 5.66. The highest BCUT2D eigenvalue weighted by molar-refractivity contribution is 7.89. The molecule has 6 heteroatoms. The number of anilines is 1. The first-order chi connectivity index (χ1) is 10.0. The van der Waals surface area contributed by atoms with E-state index in [1.54, 1.807) is 25.2 Å². The molecule has 0 unspecified atom stereocenters. The van der Waals surface area contributed by atoms with Gasteiger partial charge in [0.1, 0.15) is 5.82 Å². The van der Waals surface area contributed by atoms with Crippen molar-refractivity contribution in [3.05, 3.63) is 30.3 Å². The summed E-state index contributed by atoms with van der Waals surface area (Å²) in [7, 11) is -1.74. The first-order valence-electron chi connectivity index (χ1n) is 7.15. The highest BCUT2D eigenvalue weighted by Gasteiger charge is 2.35. The fourth-order valence-electron chi connectivity index (χ4n) is 2.34. The zero-order chi connectivity index (χ0) is 15.0. The van der Waals surface area contributed by atoms with E-state index in [9.17, 15) is 8.42 Å². The Morgan fingerprint density at radius 3 is 2.71 bits per heavy atom. The Bertz CT molecular complexity index is 770. The molecule has 0 atom stereocenters. The van der Waals surface area contributed by atoms with Crippen LogP contribution in [0.25, 0.3) is 10.9 Å². The largest absolute Gasteiger partial charge is 0.370 e. The van der Waals surface area contributed by atoms with Crippen LogP contribution in [0.15, 0.2) is 35.2 Å². The molecule has 0 saturated heterocycles. The van der Waals surface area contributed by atoms with Crippen molar-refractivity contribution < 1.29 is 8.42 Å². The maximum Gasteiger partial charge on any atom is 0.243 e. The highest BCUT2D eigenvalue weighted by atomic mass is 32.2. The van der Waals surface area contributed by atoms with Crippen molar-refractivity contribution in [3.8, 4) is 0 Å². The van der Waals surface area contributed by atoms with Crippen LogP contribution >= 0.6 is 0 Å². The number of hydrogen-bond acceptors (Lipinski definition) is 4. The van der Waals surface area contributed by atoms with Gasteiger partial charge in [-0.05, 0) is 50.1 Å². The topological polar surface area (TPSA) is 62.3 Å². The lowest BCUT2D eigenvalue weighted by atomic mass is 10.2. The summed E-state index contributed by atoms with van der Waals surface area (Å²) in [6, 6.07) is 9.04. The number of rotatable bonds is 5. The summed E-state index contributed by atoms with van der Waals surface area (Å²) in [5, 5.41) is 3.98. The van der Waals surface area contributed by atoms with E-state index in [0.29, 0.717) is 4.90 Å². The number of hydrogen-bond donors (Lipinski definition) is 1. The van der Waals surface area contributed by atoms with Crippen molar-refractivity contribution >= 4 is 26.7 Å². The number of fused-ring (bicyclic) bond motifs is 1. The molecule has 2 aromatic rings. The summed E-state index contributed by atoms with van der Waals surface area (Å²) >= 11 is 0. The maximum atomic E-state index is 12.5. The second kappa shape index (κ2) is 5.27. The molecule has 0 bridgehead atoms. The van der Waals surface area contributed by atoms with E-state index in [4.69, 9.17) is 0 Å². The van der Waals surface area contributed by atoms with Gasteiger partial charge in [-0.2, -0.15) is 4.31 Å². The van der Waals surface area contributed by atoms with Crippen molar-refractivity contribution in [1.82, 2.24) is 9.29 Å². The monoisotopic (exact) mass is 305 g/mol. The van der Waals surface area contributed by atoms with E-state index in [1.807, 2.05) is 19.1 Å². The van der Waals surface area contributed by atoms with Gasteiger partial charge in [0.15, 0.2) is 0 Å². The number of aromatic nitrogens is 1. The number of pyridine rings is 1. The predicted octanol–water partition coefficient (Wildman–Crippen LogP) is 2.45. The number of benzene rings is 1. The normalized spacial score (nSPS) is 15.6. The fraction of sp³-hybridized carbons (Fsp3) is 0.400. The molecule has 1 N–H and O–H groups in total. The van der Waals surface area contributed by atoms with Crippen LogP contribution in [0.4, 0.5) is 5.82 Å². The molecule has 112 valence electrons. The number of sulfonamides is 1. The minimum absolute atomic E-state index is 0.167. The van der Waals surface area contributed by atoms with E-state index in [1.165, 1.54) is 4.31 Å². The summed E-state index contributed by atoms with van der Waals surface area (Å²) in [6.07, 6.45) is 1.91. The summed E-state index contributed by atoms with van der Waals surface area (Å²) in [6.45, 7) is 2.81. The average molecular weight is 305 g/mol. The predicted molar refractivity (Wildman–Crippen MR) is 83.9 cm³/mol. The standard InChI is InChI=1S/C15H19N3O2S/c1-3-16-15-9-4-11-10-13(7-8-14(11)17-15)21(19,20)18(2)12-5-6-12/h4,7-10,12H,3,5-6H2,1-2H3,(H,16,17). The quantitative estimate of drug-likeness (QED) is 0.921. The summed E-state index contributed by atoms with van der Waals surface area (Å²) in [4.78, 5) is 4.80. The Kier molecular flexibility index (Phi) is 3.59. The van der Waals surface area contributed by atoms with Gasteiger partial charge in [0.25, 0.3) is 0 Å². The fourth-order valence-corrected chi connectivity index (χ4v) is 3.80. The zero-order valence-electron chi connectivity index (χ0n) is 12.2. The molecule has 1 heterocycles. The first-order valence-corrected chi connectivity index (χ1v) is 8.59. The lowest BCUT2D eigenvalue weighted by molar-refractivity contribution is 0.464. The average Bonchev–Trinajstić information content (AvgIpc) is 3.30. The van der Waals surface area contributed by atoms with Crippen molar-refractivity contribution in [2.75, 3.05) is 18.9 Å². The van der Waals surface area contributed by atoms with Gasteiger partial charge in [-0.15, -0.1) is 0 Å². The van der Waals surface area contributed by atoms with Crippen LogP contribution in [0.1, 0.15) is 19.8 Å². The molecule has 1 aliphatic carbocycles. The molecule has 0 radical (unpaired) electrons. The van der Waals surface area contributed by atoms with Crippen LogP contribution < -0.4 is 5.32 Å². The lowest BCUT2D eigenvalue weighted by Crippen LogP contribution is -2.28. The van der Waals surface area contributed by atoms with Gasteiger partial charge in [0.05, 0.1) is 10.4 Å². The molecular weight excluding hydrogens is 286 g/mol. The van der Waals surface area contributed by atoms with Crippen molar-refractivity contribution in [2.45, 2.75) is 30.7 Å². The minimum Gasteiger partial charge on any atom is -0.370 e. The highest BCUT2D eigenvalue weighted by Crippen LogP contribution is 2.31. The molecule has 1 aromatic heterocycles. The Hall–Kier alpha value is -1.66. The Morgan fingerprint density at radius 2 is 2.05 bits per heavy atom. The van der Waals surface area contributed by atoms with Crippen molar-refractivity contribution in [1.29, 1.82) is 0 Å². The molecule has 0 aliphatic heterocycles. The molecule has 21 heavy (non-hydrogen) atoms. The van der Waals surface area contributed by atoms with Crippen molar-refractivity contribution in [3.63, 3.8) is 0 Å². The first kappa shape index (κ1) is 14.3. The zero-order valence-corrected chi connectivity index (χ0v) is 13.0. The lowest BCUT2D eigenvalue weighted by Gasteiger charge is -2.16. The van der Waals surface area contributed by atoms with Crippen LogP contribution in [0, 0.1) is 0 Å². The van der Waals surface area contributed by atoms with Crippen LogP contribution in [-0.2, 0) is 10.0 Å². The third kappa shape index (κ3) is 2.73. The third-order valence-electron chi connectivity index (χ3n) is 3.76. The van der Waals surface area contributed by atoms with Gasteiger partial charge in [-0.3, -0.25) is 0 Å². The molecule has 1 saturated carbocycles. The molecule has 1 aromatic carbocycles. The summed E-state index contributed by atoms with van der Waals surface area (Å²) < 4.78 is 26.5. The Labute approximate surface area is 125 Å². The van der Waals surface area contributed by atoms with E-state index in [-0.39, 0.29) is 6.04 Å². The molecule has 5 nitrogen and oxygen atoms in total. The van der Waals surface area contributed by atoms with Gasteiger partial charge >= 0.3 is 0 Å².